The van der Waals surface area contributed by atoms with Gasteiger partial charge in [-0.25, -0.2) is 14.8 Å². The number of aromatic amines is 1. The van der Waals surface area contributed by atoms with Crippen LogP contribution in [-0.2, 0) is 22.5 Å². The maximum Gasteiger partial charge on any atom is 0.338 e. The van der Waals surface area contributed by atoms with Gasteiger partial charge in [0.15, 0.2) is 5.82 Å². The molecule has 9 nitrogen and oxygen atoms in total. The number of methoxy groups -OCH3 is 1. The van der Waals surface area contributed by atoms with Gasteiger partial charge in [0.1, 0.15) is 0 Å². The first-order chi connectivity index (χ1) is 16.1. The Labute approximate surface area is 191 Å². The van der Waals surface area contributed by atoms with E-state index < -0.39 is 0 Å². The topological polar surface area (TPSA) is 106 Å². The highest BCUT2D eigenvalue weighted by Gasteiger charge is 2.17. The molecule has 0 fully saturated rings. The van der Waals surface area contributed by atoms with Gasteiger partial charge in [0.2, 0.25) is 5.82 Å². The van der Waals surface area contributed by atoms with E-state index >= 15 is 0 Å². The fourth-order valence-corrected chi connectivity index (χ4v) is 3.68. The van der Waals surface area contributed by atoms with Crippen molar-refractivity contribution in [3.63, 3.8) is 0 Å². The van der Waals surface area contributed by atoms with Crippen molar-refractivity contribution in [2.45, 2.75) is 19.9 Å². The van der Waals surface area contributed by atoms with Crippen LogP contribution in [0.15, 0.2) is 60.8 Å². The maximum absolute atomic E-state index is 12.2. The van der Waals surface area contributed by atoms with Crippen LogP contribution in [-0.4, -0.2) is 45.8 Å². The molecule has 168 valence electrons. The Morgan fingerprint density at radius 2 is 1.91 bits per heavy atom. The van der Waals surface area contributed by atoms with E-state index in [4.69, 9.17) is 9.57 Å². The molecule has 0 aliphatic rings. The van der Waals surface area contributed by atoms with E-state index in [0.29, 0.717) is 24.4 Å². The van der Waals surface area contributed by atoms with E-state index in [1.807, 2.05) is 55.5 Å². The Morgan fingerprint density at radius 3 is 2.64 bits per heavy atom. The number of carbonyl (C=O) groups excluding carboxylic acids is 1. The minimum atomic E-state index is -0.371. The van der Waals surface area contributed by atoms with E-state index in [-0.39, 0.29) is 5.97 Å². The Balaban J connectivity index is 1.69. The predicted molar refractivity (Wildman–Crippen MR) is 122 cm³/mol. The molecule has 0 aliphatic heterocycles. The van der Waals surface area contributed by atoms with Gasteiger partial charge in [-0.05, 0) is 59.0 Å². The van der Waals surface area contributed by atoms with Gasteiger partial charge in [0, 0.05) is 11.8 Å². The van der Waals surface area contributed by atoms with Gasteiger partial charge in [-0.15, -0.1) is 10.2 Å². The Hall–Kier alpha value is -4.11. The molecular formula is C24H24N6O3. The Morgan fingerprint density at radius 1 is 1.06 bits per heavy atom. The molecule has 0 amide bonds. The zero-order valence-electron chi connectivity index (χ0n) is 18.6. The highest BCUT2D eigenvalue weighted by Crippen LogP contribution is 2.27. The highest BCUT2D eigenvalue weighted by atomic mass is 16.7. The average molecular weight is 444 g/mol. The number of anilines is 1. The summed E-state index contributed by atoms with van der Waals surface area (Å²) in [6.07, 6.45) is 2.24. The number of nitrogens with zero attached hydrogens (tertiary/aromatic N) is 5. The van der Waals surface area contributed by atoms with E-state index in [1.165, 1.54) is 7.11 Å². The highest BCUT2D eigenvalue weighted by molar-refractivity contribution is 5.91. The SMILES string of the molecule is COC(=O)c1ccccc1Cc1ccc(CN(OC)c2ncccc2C)cc1-c1nn[nH]n1. The van der Waals surface area contributed by atoms with E-state index in [0.717, 1.165) is 33.6 Å². The Bertz CT molecular complexity index is 1240. The fourth-order valence-electron chi connectivity index (χ4n) is 3.68. The molecule has 4 rings (SSSR count). The number of rotatable bonds is 8. The molecule has 0 radical (unpaired) electrons. The van der Waals surface area contributed by atoms with E-state index in [2.05, 4.69) is 25.6 Å². The van der Waals surface area contributed by atoms with Gasteiger partial charge >= 0.3 is 5.97 Å². The average Bonchev–Trinajstić information content (AvgIpc) is 3.38. The van der Waals surface area contributed by atoms with Gasteiger partial charge in [-0.1, -0.05) is 36.4 Å². The lowest BCUT2D eigenvalue weighted by atomic mass is 9.94. The third-order valence-corrected chi connectivity index (χ3v) is 5.33. The molecule has 2 aromatic carbocycles. The van der Waals surface area contributed by atoms with Gasteiger partial charge in [0.05, 0.1) is 26.3 Å². The maximum atomic E-state index is 12.2. The molecule has 2 aromatic heterocycles. The molecule has 0 saturated heterocycles. The molecule has 0 atom stereocenters. The number of esters is 1. The molecule has 0 aliphatic carbocycles. The summed E-state index contributed by atoms with van der Waals surface area (Å²) < 4.78 is 4.94. The lowest BCUT2D eigenvalue weighted by Crippen LogP contribution is -2.23. The second-order valence-electron chi connectivity index (χ2n) is 7.42. The lowest BCUT2D eigenvalue weighted by Gasteiger charge is -2.22. The van der Waals surface area contributed by atoms with Crippen LogP contribution in [0, 0.1) is 6.92 Å². The van der Waals surface area contributed by atoms with Gasteiger partial charge in [-0.3, -0.25) is 4.84 Å². The van der Waals surface area contributed by atoms with Crippen LogP contribution in [0.2, 0.25) is 0 Å². The summed E-state index contributed by atoms with van der Waals surface area (Å²) in [6.45, 7) is 2.46. The third kappa shape index (κ3) is 4.88. The number of tetrazole rings is 1. The zero-order valence-corrected chi connectivity index (χ0v) is 18.6. The van der Waals surface area contributed by atoms with Crippen molar-refractivity contribution in [3.8, 4) is 11.4 Å². The van der Waals surface area contributed by atoms with Gasteiger partial charge in [0.25, 0.3) is 0 Å². The summed E-state index contributed by atoms with van der Waals surface area (Å²) in [5.74, 6) is 0.849. The number of aryl methyl sites for hydroxylation is 1. The van der Waals surface area contributed by atoms with Crippen LogP contribution >= 0.6 is 0 Å². The van der Waals surface area contributed by atoms with Crippen LogP contribution in [0.5, 0.6) is 0 Å². The van der Waals surface area contributed by atoms with Crippen molar-refractivity contribution in [1.82, 2.24) is 25.6 Å². The second-order valence-corrected chi connectivity index (χ2v) is 7.42. The first-order valence-corrected chi connectivity index (χ1v) is 10.4. The van der Waals surface area contributed by atoms with Crippen LogP contribution in [0.3, 0.4) is 0 Å². The summed E-state index contributed by atoms with van der Waals surface area (Å²) in [5, 5.41) is 16.3. The fraction of sp³-hybridized carbons (Fsp3) is 0.208. The molecule has 2 heterocycles. The summed E-state index contributed by atoms with van der Waals surface area (Å²) in [6, 6.07) is 17.3. The molecule has 4 aromatic rings. The standard InChI is InChI=1S/C24H24N6O3/c1-16-7-6-12-25-23(16)30(33-3)15-17-10-11-19(21(13-17)22-26-28-29-27-22)14-18-8-4-5-9-20(18)24(31)32-2/h4-13H,14-15H2,1-3H3,(H,26,27,28,29). The lowest BCUT2D eigenvalue weighted by molar-refractivity contribution is 0.0599. The van der Waals surface area contributed by atoms with Crippen molar-refractivity contribution >= 4 is 11.8 Å². The molecule has 0 bridgehead atoms. The number of hydrogen-bond acceptors (Lipinski definition) is 8. The number of hydrogen-bond donors (Lipinski definition) is 1. The number of hydroxylamine groups is 1. The summed E-state index contributed by atoms with van der Waals surface area (Å²) in [7, 11) is 3.00. The summed E-state index contributed by atoms with van der Waals surface area (Å²) in [4.78, 5) is 22.3. The smallest absolute Gasteiger partial charge is 0.338 e. The number of H-pyrrole nitrogens is 1. The monoisotopic (exact) mass is 444 g/mol. The molecule has 33 heavy (non-hydrogen) atoms. The Kier molecular flexibility index (Phi) is 6.70. The molecule has 9 heteroatoms. The summed E-state index contributed by atoms with van der Waals surface area (Å²) in [5.41, 5.74) is 5.13. The van der Waals surface area contributed by atoms with E-state index in [9.17, 15) is 4.79 Å². The zero-order chi connectivity index (χ0) is 23.2. The minimum Gasteiger partial charge on any atom is -0.465 e. The number of carbonyl (C=O) groups is 1. The molecule has 1 N–H and O–H groups in total. The third-order valence-electron chi connectivity index (χ3n) is 5.33. The second kappa shape index (κ2) is 10.0. The van der Waals surface area contributed by atoms with Crippen LogP contribution in [0.1, 0.15) is 32.6 Å². The van der Waals surface area contributed by atoms with Gasteiger partial charge in [-0.2, -0.15) is 5.21 Å². The summed E-state index contributed by atoms with van der Waals surface area (Å²) >= 11 is 0. The van der Waals surface area contributed by atoms with Crippen LogP contribution in [0.25, 0.3) is 11.4 Å². The molecular weight excluding hydrogens is 420 g/mol. The van der Waals surface area contributed by atoms with Crippen LogP contribution < -0.4 is 5.06 Å². The minimum absolute atomic E-state index is 0.371. The quantitative estimate of drug-likeness (QED) is 0.325. The largest absolute Gasteiger partial charge is 0.465 e. The normalized spacial score (nSPS) is 10.8. The van der Waals surface area contributed by atoms with Crippen molar-refractivity contribution in [1.29, 1.82) is 0 Å². The number of pyridine rings is 1. The van der Waals surface area contributed by atoms with Crippen molar-refractivity contribution in [2.75, 3.05) is 19.3 Å². The van der Waals surface area contributed by atoms with Crippen molar-refractivity contribution in [3.05, 3.63) is 88.6 Å². The van der Waals surface area contributed by atoms with Crippen molar-refractivity contribution in [2.24, 2.45) is 0 Å². The molecule has 0 spiro atoms. The van der Waals surface area contributed by atoms with Crippen LogP contribution in [0.4, 0.5) is 5.82 Å². The van der Waals surface area contributed by atoms with Crippen molar-refractivity contribution < 1.29 is 14.4 Å². The number of benzene rings is 2. The number of ether oxygens (including phenoxy) is 1. The first kappa shape index (κ1) is 22.1. The number of nitrogens with one attached hydrogen (secondary N) is 1. The first-order valence-electron chi connectivity index (χ1n) is 10.4. The van der Waals surface area contributed by atoms with E-state index in [1.54, 1.807) is 24.4 Å². The number of aromatic nitrogens is 5. The molecule has 0 unspecified atom stereocenters. The van der Waals surface area contributed by atoms with Gasteiger partial charge < -0.3 is 4.74 Å². The predicted octanol–water partition coefficient (Wildman–Crippen LogP) is 3.52. The molecule has 0 saturated carbocycles.